The first-order valence-corrected chi connectivity index (χ1v) is 3.07. The Labute approximate surface area is 66.5 Å². The number of aromatic amines is 1. The van der Waals surface area contributed by atoms with E-state index in [0.29, 0.717) is 5.69 Å². The summed E-state index contributed by atoms with van der Waals surface area (Å²) in [6.45, 7) is 1.61. The number of nitro groups is 1. The Hall–Kier alpha value is -1.92. The van der Waals surface area contributed by atoms with Gasteiger partial charge >= 0.3 is 0 Å². The van der Waals surface area contributed by atoms with Crippen LogP contribution in [0.4, 0.5) is 5.69 Å². The number of rotatable bonds is 2. The largest absolute Gasteiger partial charge is 0.293 e. The maximum absolute atomic E-state index is 10.8. The van der Waals surface area contributed by atoms with E-state index in [1.807, 2.05) is 0 Å². The zero-order valence-electron chi connectivity index (χ0n) is 6.20. The molecule has 0 aliphatic heterocycles. The van der Waals surface area contributed by atoms with Crippen molar-refractivity contribution in [1.82, 2.24) is 10.2 Å². The smallest absolute Gasteiger partial charge is 0.265 e. The van der Waals surface area contributed by atoms with E-state index in [-0.39, 0.29) is 5.69 Å². The molecule has 7 nitrogen and oxygen atoms in total. The number of hydrazine groups is 1. The summed E-state index contributed by atoms with van der Waals surface area (Å²) < 4.78 is 0. The number of aryl methyl sites for hydroxylation is 1. The van der Waals surface area contributed by atoms with Gasteiger partial charge in [-0.15, -0.1) is 5.43 Å². The molecule has 0 amide bonds. The highest BCUT2D eigenvalue weighted by Gasteiger charge is 2.04. The molecule has 0 atom stereocenters. The van der Waals surface area contributed by atoms with Gasteiger partial charge in [-0.05, 0) is 13.0 Å². The normalized spacial score (nSPS) is 9.42. The van der Waals surface area contributed by atoms with E-state index in [1.54, 1.807) is 12.3 Å². The average molecular weight is 170 g/mol. The van der Waals surface area contributed by atoms with Crippen molar-refractivity contribution >= 4 is 5.69 Å². The van der Waals surface area contributed by atoms with Crippen LogP contribution in [0.2, 0.25) is 0 Å². The fraction of sp³-hybridized carbons (Fsp3) is 0.200. The molecule has 2 N–H and O–H groups in total. The Morgan fingerprint density at radius 2 is 2.42 bits per heavy atom. The van der Waals surface area contributed by atoms with E-state index in [1.165, 1.54) is 6.07 Å². The summed E-state index contributed by atoms with van der Waals surface area (Å²) in [6, 6.07) is 1.29. The molecule has 0 aliphatic rings. The van der Waals surface area contributed by atoms with Crippen LogP contribution in [0.3, 0.4) is 0 Å². The van der Waals surface area contributed by atoms with Gasteiger partial charge in [0.15, 0.2) is 10.7 Å². The highest BCUT2D eigenvalue weighted by atomic mass is 16.7. The van der Waals surface area contributed by atoms with Crippen molar-refractivity contribution in [2.75, 3.05) is 5.43 Å². The van der Waals surface area contributed by atoms with Crippen LogP contribution in [0.25, 0.3) is 0 Å². The first-order valence-electron chi connectivity index (χ1n) is 3.07. The molecule has 12 heavy (non-hydrogen) atoms. The van der Waals surface area contributed by atoms with Crippen LogP contribution >= 0.6 is 0 Å². The van der Waals surface area contributed by atoms with Gasteiger partial charge in [0.1, 0.15) is 0 Å². The predicted octanol–water partition coefficient (Wildman–Crippen LogP) is -0.318. The molecule has 0 spiro atoms. The fourth-order valence-corrected chi connectivity index (χ4v) is 0.687. The molecule has 0 aliphatic carbocycles. The molecule has 1 heterocycles. The molecule has 1 rings (SSSR count). The third kappa shape index (κ3) is 1.78. The number of hydrogen-bond donors (Lipinski definition) is 2. The van der Waals surface area contributed by atoms with Crippen molar-refractivity contribution in [2.45, 2.75) is 6.92 Å². The molecule has 0 radical (unpaired) electrons. The lowest BCUT2D eigenvalue weighted by molar-refractivity contribution is -0.445. The first-order chi connectivity index (χ1) is 5.59. The fourth-order valence-electron chi connectivity index (χ4n) is 0.687. The van der Waals surface area contributed by atoms with Crippen molar-refractivity contribution in [2.24, 2.45) is 0 Å². The molecule has 0 aromatic carbocycles. The van der Waals surface area contributed by atoms with Gasteiger partial charge in [0.05, 0.1) is 5.69 Å². The van der Waals surface area contributed by atoms with Crippen molar-refractivity contribution in [1.29, 1.82) is 0 Å². The zero-order valence-corrected chi connectivity index (χ0v) is 6.20. The van der Waals surface area contributed by atoms with Gasteiger partial charge in [-0.1, -0.05) is 0 Å². The van der Waals surface area contributed by atoms with Crippen LogP contribution in [-0.2, 0) is 0 Å². The number of H-pyrrole nitrogens is 1. The maximum Gasteiger partial charge on any atom is 0.293 e. The molecule has 0 unspecified atom stereocenters. The second kappa shape index (κ2) is 2.99. The molecule has 1 aromatic rings. The summed E-state index contributed by atoms with van der Waals surface area (Å²) >= 11 is 0. The van der Waals surface area contributed by atoms with E-state index in [4.69, 9.17) is 0 Å². The van der Waals surface area contributed by atoms with Gasteiger partial charge in [-0.3, -0.25) is 4.79 Å². The van der Waals surface area contributed by atoms with Gasteiger partial charge < -0.3 is 0 Å². The van der Waals surface area contributed by atoms with Crippen molar-refractivity contribution in [3.8, 4) is 0 Å². The second-order valence-electron chi connectivity index (χ2n) is 2.12. The van der Waals surface area contributed by atoms with Crippen LogP contribution in [0.15, 0.2) is 10.9 Å². The molecule has 0 saturated carbocycles. The van der Waals surface area contributed by atoms with Crippen molar-refractivity contribution < 1.29 is 5.03 Å². The minimum atomic E-state index is -0.802. The van der Waals surface area contributed by atoms with E-state index in [2.05, 4.69) is 10.2 Å². The van der Waals surface area contributed by atoms with Gasteiger partial charge in [0, 0.05) is 0 Å². The number of aromatic nitrogens is 2. The van der Waals surface area contributed by atoms with Crippen molar-refractivity contribution in [3.05, 3.63) is 32.2 Å². The minimum absolute atomic E-state index is 0.118. The number of nitrogens with zero attached hydrogens (tertiary/aromatic N) is 2. The first kappa shape index (κ1) is 8.18. The summed E-state index contributed by atoms with van der Waals surface area (Å²) in [7, 11) is 0. The van der Waals surface area contributed by atoms with Crippen LogP contribution < -0.4 is 11.0 Å². The molecule has 64 valence electrons. The third-order valence-electron chi connectivity index (χ3n) is 1.14. The van der Waals surface area contributed by atoms with Gasteiger partial charge in [-0.2, -0.15) is 5.10 Å². The minimum Gasteiger partial charge on any atom is -0.265 e. The van der Waals surface area contributed by atoms with Gasteiger partial charge in [0.25, 0.3) is 5.56 Å². The Kier molecular flexibility index (Phi) is 2.04. The van der Waals surface area contributed by atoms with E-state index < -0.39 is 10.6 Å². The third-order valence-corrected chi connectivity index (χ3v) is 1.14. The summed E-state index contributed by atoms with van der Waals surface area (Å²) in [6.07, 6.45) is 0. The van der Waals surface area contributed by atoms with Gasteiger partial charge in [-0.25, -0.2) is 15.2 Å². The molecular weight excluding hydrogens is 164 g/mol. The lowest BCUT2D eigenvalue weighted by Crippen LogP contribution is -2.19. The number of hydrogen-bond acceptors (Lipinski definition) is 4. The Bertz CT molecular complexity index is 358. The van der Waals surface area contributed by atoms with Crippen LogP contribution in [-0.4, -0.2) is 15.2 Å². The quantitative estimate of drug-likeness (QED) is 0.468. The monoisotopic (exact) mass is 170 g/mol. The molecular formula is C5H6N4O3. The lowest BCUT2D eigenvalue weighted by Gasteiger charge is -1.95. The molecule has 0 fully saturated rings. The predicted molar refractivity (Wildman–Crippen MR) is 40.2 cm³/mol. The summed E-state index contributed by atoms with van der Waals surface area (Å²) in [5, 5.41) is 14.8. The Balaban J connectivity index is 3.06. The van der Waals surface area contributed by atoms with E-state index in [0.717, 1.165) is 0 Å². The Morgan fingerprint density at radius 3 is 3.00 bits per heavy atom. The van der Waals surface area contributed by atoms with Crippen LogP contribution in [0.1, 0.15) is 5.69 Å². The Morgan fingerprint density at radius 1 is 1.75 bits per heavy atom. The topological polar surface area (TPSA) is 101 Å². The number of anilines is 1. The number of nitrogens with one attached hydrogen (secondary N) is 2. The standard InChI is InChI=1S/C5H6N4O3/c1-3-2-4(8-9(11)12)5(10)7-6-3/h2H,1H3,(H,6,8)(H,7,10). The zero-order chi connectivity index (χ0) is 9.14. The van der Waals surface area contributed by atoms with E-state index in [9.17, 15) is 14.9 Å². The van der Waals surface area contributed by atoms with Crippen molar-refractivity contribution in [3.63, 3.8) is 0 Å². The molecule has 0 saturated heterocycles. The summed E-state index contributed by atoms with van der Waals surface area (Å²) in [4.78, 5) is 20.8. The SMILES string of the molecule is Cc1cc(N[N+](=O)[O-])c(=O)[nH]n1. The van der Waals surface area contributed by atoms with Crippen LogP contribution in [0.5, 0.6) is 0 Å². The summed E-state index contributed by atoms with van der Waals surface area (Å²) in [5.74, 6) is 0. The summed E-state index contributed by atoms with van der Waals surface area (Å²) in [5.41, 5.74) is 1.52. The van der Waals surface area contributed by atoms with E-state index >= 15 is 0 Å². The molecule has 0 bridgehead atoms. The highest BCUT2D eigenvalue weighted by molar-refractivity contribution is 5.37. The highest BCUT2D eigenvalue weighted by Crippen LogP contribution is 1.97. The maximum atomic E-state index is 10.8. The van der Waals surface area contributed by atoms with Gasteiger partial charge in [0.2, 0.25) is 0 Å². The van der Waals surface area contributed by atoms with Crippen LogP contribution in [0, 0.1) is 17.0 Å². The molecule has 7 heteroatoms. The second-order valence-corrected chi connectivity index (χ2v) is 2.12. The molecule has 1 aromatic heterocycles. The average Bonchev–Trinajstić information content (AvgIpc) is 1.96. The lowest BCUT2D eigenvalue weighted by atomic mass is 10.4.